The lowest BCUT2D eigenvalue weighted by Gasteiger charge is -2.27. The van der Waals surface area contributed by atoms with Crippen LogP contribution < -0.4 is 20.7 Å². The van der Waals surface area contributed by atoms with Crippen LogP contribution in [0.15, 0.2) is 48.5 Å². The molecule has 1 fully saturated rings. The van der Waals surface area contributed by atoms with Crippen molar-refractivity contribution in [1.29, 1.82) is 0 Å². The molecule has 3 aromatic heterocycles. The molecule has 1 saturated heterocycles. The van der Waals surface area contributed by atoms with Gasteiger partial charge >= 0.3 is 5.97 Å². The third-order valence-corrected chi connectivity index (χ3v) is 8.15. The minimum atomic E-state index is -0.411. The number of ether oxygens (including phenoxy) is 2. The Hall–Kier alpha value is -4.28. The van der Waals surface area contributed by atoms with Crippen molar-refractivity contribution in [2.45, 2.75) is 13.8 Å². The number of nitrogen functional groups attached to an aromatic ring is 1. The molecule has 9 nitrogen and oxygen atoms in total. The summed E-state index contributed by atoms with van der Waals surface area (Å²) in [4.78, 5) is 29.8. The first kappa shape index (κ1) is 26.0. The van der Waals surface area contributed by atoms with Crippen LogP contribution in [0.2, 0.25) is 0 Å². The lowest BCUT2D eigenvalue weighted by molar-refractivity contribution is 0.0601. The van der Waals surface area contributed by atoms with Gasteiger partial charge in [-0.1, -0.05) is 30.3 Å². The Bertz CT molecular complexity index is 1730. The Morgan fingerprint density at radius 3 is 2.50 bits per heavy atom. The highest BCUT2D eigenvalue weighted by molar-refractivity contribution is 7.25. The number of methoxy groups -OCH3 is 1. The molecule has 204 valence electrons. The topological polar surface area (TPSA) is 115 Å². The number of nitrogens with zero attached hydrogens (tertiary/aromatic N) is 4. The van der Waals surface area contributed by atoms with E-state index < -0.39 is 5.97 Å². The van der Waals surface area contributed by atoms with E-state index in [0.29, 0.717) is 29.7 Å². The molecule has 0 amide bonds. The second-order valence-corrected chi connectivity index (χ2v) is 10.7. The summed E-state index contributed by atoms with van der Waals surface area (Å²) in [7, 11) is 1.35. The number of anilines is 2. The molecule has 6 rings (SSSR count). The number of pyridine rings is 1. The first-order chi connectivity index (χ1) is 19.5. The van der Waals surface area contributed by atoms with E-state index in [4.69, 9.17) is 30.2 Å². The average molecular weight is 555 g/mol. The highest BCUT2D eigenvalue weighted by Gasteiger charge is 2.22. The summed E-state index contributed by atoms with van der Waals surface area (Å²) in [5.74, 6) is 0.909. The minimum Gasteiger partial charge on any atom is -0.477 e. The first-order valence-electron chi connectivity index (χ1n) is 13.3. The molecule has 10 heteroatoms. The van der Waals surface area contributed by atoms with Crippen LogP contribution in [0.1, 0.15) is 22.8 Å². The van der Waals surface area contributed by atoms with Gasteiger partial charge in [0.15, 0.2) is 0 Å². The van der Waals surface area contributed by atoms with Crippen molar-refractivity contribution in [3.63, 3.8) is 0 Å². The summed E-state index contributed by atoms with van der Waals surface area (Å²) in [6, 6.07) is 15.4. The maximum absolute atomic E-state index is 11.8. The fourth-order valence-electron chi connectivity index (χ4n) is 5.06. The van der Waals surface area contributed by atoms with Crippen LogP contribution in [0, 0.1) is 6.92 Å². The molecule has 0 atom stereocenters. The number of carbonyl (C=O) groups excluding carboxylic acids is 1. The number of piperazine rings is 1. The summed E-state index contributed by atoms with van der Waals surface area (Å²) in [6.45, 7) is 8.13. The predicted molar refractivity (Wildman–Crippen MR) is 160 cm³/mol. The molecule has 1 aliphatic heterocycles. The van der Waals surface area contributed by atoms with Gasteiger partial charge in [0.2, 0.25) is 11.8 Å². The monoisotopic (exact) mass is 554 g/mol. The molecule has 5 aromatic rings. The third kappa shape index (κ3) is 4.69. The van der Waals surface area contributed by atoms with Crippen molar-refractivity contribution in [3.05, 3.63) is 59.7 Å². The standard InChI is InChI=1S/C30H30N6O3S/c1-4-39-27-26-25(34-30(35-27)36-13-11-32-12-14-36)24-17(2)15-23(33-28(24)40-26)19-7-5-18(6-8-19)21-10-9-20(16-22(21)31)29(37)38-3/h5-10,15-16,32H,4,11-14,31H2,1-3H3. The molecule has 0 spiro atoms. The number of carbonyl (C=O) groups is 1. The normalized spacial score (nSPS) is 13.6. The van der Waals surface area contributed by atoms with Gasteiger partial charge in [0, 0.05) is 48.4 Å². The second kappa shape index (κ2) is 10.7. The van der Waals surface area contributed by atoms with Crippen molar-refractivity contribution < 1.29 is 14.3 Å². The van der Waals surface area contributed by atoms with Crippen LogP contribution in [0.4, 0.5) is 11.6 Å². The molecule has 0 radical (unpaired) electrons. The smallest absolute Gasteiger partial charge is 0.337 e. The van der Waals surface area contributed by atoms with Gasteiger partial charge in [-0.05, 0) is 43.2 Å². The number of aromatic nitrogens is 3. The number of benzene rings is 2. The van der Waals surface area contributed by atoms with Gasteiger partial charge in [0.25, 0.3) is 0 Å². The van der Waals surface area contributed by atoms with Gasteiger partial charge in [-0.25, -0.2) is 14.8 Å². The highest BCUT2D eigenvalue weighted by atomic mass is 32.1. The van der Waals surface area contributed by atoms with Gasteiger partial charge in [-0.2, -0.15) is 4.98 Å². The fraction of sp³-hybridized carbons (Fsp3) is 0.267. The molecule has 1 aliphatic rings. The second-order valence-electron chi connectivity index (χ2n) is 9.65. The van der Waals surface area contributed by atoms with Gasteiger partial charge in [-0.15, -0.1) is 11.3 Å². The Kier molecular flexibility index (Phi) is 6.95. The lowest BCUT2D eigenvalue weighted by Crippen LogP contribution is -2.44. The van der Waals surface area contributed by atoms with E-state index in [1.165, 1.54) is 7.11 Å². The minimum absolute atomic E-state index is 0.411. The van der Waals surface area contributed by atoms with Gasteiger partial charge in [0.1, 0.15) is 15.0 Å². The van der Waals surface area contributed by atoms with E-state index in [9.17, 15) is 4.79 Å². The number of nitrogens with one attached hydrogen (secondary N) is 1. The van der Waals surface area contributed by atoms with Crippen LogP contribution in [0.25, 0.3) is 42.8 Å². The van der Waals surface area contributed by atoms with E-state index >= 15 is 0 Å². The number of fused-ring (bicyclic) bond motifs is 3. The maximum Gasteiger partial charge on any atom is 0.337 e. The Morgan fingerprint density at radius 1 is 1.05 bits per heavy atom. The van der Waals surface area contributed by atoms with Crippen molar-refractivity contribution in [3.8, 4) is 28.3 Å². The summed E-state index contributed by atoms with van der Waals surface area (Å²) >= 11 is 1.57. The van der Waals surface area contributed by atoms with Gasteiger partial charge < -0.3 is 25.4 Å². The van der Waals surface area contributed by atoms with Gasteiger partial charge in [-0.3, -0.25) is 0 Å². The van der Waals surface area contributed by atoms with Crippen LogP contribution in [0.3, 0.4) is 0 Å². The quantitative estimate of drug-likeness (QED) is 0.219. The van der Waals surface area contributed by atoms with E-state index in [1.807, 2.05) is 37.3 Å². The van der Waals surface area contributed by atoms with Crippen LogP contribution in [-0.2, 0) is 4.74 Å². The molecule has 3 N–H and O–H groups in total. The molecular formula is C30H30N6O3S. The van der Waals surface area contributed by atoms with Crippen molar-refractivity contribution >= 4 is 49.4 Å². The molecule has 4 heterocycles. The zero-order valence-electron chi connectivity index (χ0n) is 22.7. The zero-order valence-corrected chi connectivity index (χ0v) is 23.5. The van der Waals surface area contributed by atoms with Crippen LogP contribution in [-0.4, -0.2) is 60.8 Å². The van der Waals surface area contributed by atoms with Gasteiger partial charge in [0.05, 0.1) is 25.0 Å². The number of esters is 1. The lowest BCUT2D eigenvalue weighted by atomic mass is 9.99. The molecule has 0 unspecified atom stereocenters. The van der Waals surface area contributed by atoms with Crippen molar-refractivity contribution in [2.24, 2.45) is 0 Å². The molecule has 0 bridgehead atoms. The number of nitrogens with two attached hydrogens (primary N) is 1. The van der Waals surface area contributed by atoms with E-state index in [-0.39, 0.29) is 0 Å². The average Bonchev–Trinajstić information content (AvgIpc) is 3.37. The van der Waals surface area contributed by atoms with E-state index in [1.54, 1.807) is 23.5 Å². The number of hydrogen-bond acceptors (Lipinski definition) is 10. The van der Waals surface area contributed by atoms with Crippen molar-refractivity contribution in [1.82, 2.24) is 20.3 Å². The summed E-state index contributed by atoms with van der Waals surface area (Å²) in [6.07, 6.45) is 0. The summed E-state index contributed by atoms with van der Waals surface area (Å²) < 4.78 is 11.7. The summed E-state index contributed by atoms with van der Waals surface area (Å²) in [5.41, 5.74) is 12.9. The van der Waals surface area contributed by atoms with Crippen molar-refractivity contribution in [2.75, 3.05) is 50.5 Å². The maximum atomic E-state index is 11.8. The predicted octanol–water partition coefficient (Wildman–Crippen LogP) is 5.06. The number of aryl methyl sites for hydroxylation is 1. The Morgan fingerprint density at radius 2 is 1.80 bits per heavy atom. The number of hydrogen-bond donors (Lipinski definition) is 2. The fourth-order valence-corrected chi connectivity index (χ4v) is 6.20. The van der Waals surface area contributed by atoms with E-state index in [0.717, 1.165) is 74.6 Å². The Labute approximate surface area is 236 Å². The molecule has 0 saturated carbocycles. The molecule has 40 heavy (non-hydrogen) atoms. The molecule has 0 aliphatic carbocycles. The molecular weight excluding hydrogens is 524 g/mol. The third-order valence-electron chi connectivity index (χ3n) is 7.09. The number of thiophene rings is 1. The van der Waals surface area contributed by atoms with E-state index in [2.05, 4.69) is 23.2 Å². The van der Waals surface area contributed by atoms with Crippen LogP contribution in [0.5, 0.6) is 5.88 Å². The SMILES string of the molecule is CCOc1nc(N2CCNCC2)nc2c1sc1nc(-c3ccc(-c4ccc(C(=O)OC)cc4N)cc3)cc(C)c12. The largest absolute Gasteiger partial charge is 0.477 e. The number of rotatable bonds is 6. The van der Waals surface area contributed by atoms with Crippen LogP contribution >= 0.6 is 11.3 Å². The highest BCUT2D eigenvalue weighted by Crippen LogP contribution is 2.40. The summed E-state index contributed by atoms with van der Waals surface area (Å²) in [5, 5.41) is 4.42. The zero-order chi connectivity index (χ0) is 27.8. The Balaban J connectivity index is 1.38. The molecule has 2 aromatic carbocycles. The first-order valence-corrected chi connectivity index (χ1v) is 14.1.